The molecule has 1 N–H and O–H groups in total. The Morgan fingerprint density at radius 3 is 3.05 bits per heavy atom. The van der Waals surface area contributed by atoms with E-state index in [0.717, 1.165) is 37.4 Å². The van der Waals surface area contributed by atoms with Crippen LogP contribution in [0.15, 0.2) is 28.8 Å². The molecular weight excluding hydrogens is 250 g/mol. The van der Waals surface area contributed by atoms with Crippen LogP contribution in [0, 0.1) is 0 Å². The van der Waals surface area contributed by atoms with Crippen LogP contribution >= 0.6 is 0 Å². The van der Waals surface area contributed by atoms with E-state index in [-0.39, 0.29) is 0 Å². The van der Waals surface area contributed by atoms with Crippen molar-refractivity contribution in [3.63, 3.8) is 0 Å². The number of hydrogen-bond acceptors (Lipinski definition) is 4. The molecule has 1 aliphatic rings. The number of likely N-dealkylation sites (N-methyl/N-ethyl adjacent to an activating group) is 1. The maximum Gasteiger partial charge on any atom is 0.228 e. The molecule has 2 unspecified atom stereocenters. The van der Waals surface area contributed by atoms with Gasteiger partial charge >= 0.3 is 0 Å². The molecule has 1 heterocycles. The summed E-state index contributed by atoms with van der Waals surface area (Å²) >= 11 is 0. The molecule has 0 saturated carbocycles. The summed E-state index contributed by atoms with van der Waals surface area (Å²) in [5.41, 5.74) is 2.78. The minimum Gasteiger partial charge on any atom is -0.339 e. The standard InChI is InChI=1S/C16H21N3O/c1-3-12(17-2)10-15-18-16(19-20-15)14-9-8-11-6-4-5-7-13(11)14/h4-7,12,14,17H,3,8-10H2,1-2H3. The molecule has 3 rings (SSSR count). The molecule has 0 bridgehead atoms. The lowest BCUT2D eigenvalue weighted by Crippen LogP contribution is -2.26. The summed E-state index contributed by atoms with van der Waals surface area (Å²) in [6.07, 6.45) is 4.05. The molecule has 0 spiro atoms. The number of fused-ring (bicyclic) bond motifs is 1. The zero-order chi connectivity index (χ0) is 13.9. The number of nitrogens with zero attached hydrogens (tertiary/aromatic N) is 2. The van der Waals surface area contributed by atoms with Crippen molar-refractivity contribution in [2.45, 2.75) is 44.6 Å². The number of hydrogen-bond donors (Lipinski definition) is 1. The van der Waals surface area contributed by atoms with Gasteiger partial charge in [-0.2, -0.15) is 4.98 Å². The summed E-state index contributed by atoms with van der Waals surface area (Å²) < 4.78 is 5.43. The predicted molar refractivity (Wildman–Crippen MR) is 77.7 cm³/mol. The van der Waals surface area contributed by atoms with Gasteiger partial charge in [0.15, 0.2) is 5.82 Å². The molecule has 20 heavy (non-hydrogen) atoms. The van der Waals surface area contributed by atoms with Gasteiger partial charge in [-0.15, -0.1) is 0 Å². The van der Waals surface area contributed by atoms with E-state index in [1.54, 1.807) is 0 Å². The molecule has 106 valence electrons. The van der Waals surface area contributed by atoms with Crippen molar-refractivity contribution in [3.05, 3.63) is 47.1 Å². The van der Waals surface area contributed by atoms with Crippen LogP contribution in [0.3, 0.4) is 0 Å². The average molecular weight is 271 g/mol. The highest BCUT2D eigenvalue weighted by Crippen LogP contribution is 2.36. The second-order valence-electron chi connectivity index (χ2n) is 5.43. The van der Waals surface area contributed by atoms with Gasteiger partial charge < -0.3 is 9.84 Å². The van der Waals surface area contributed by atoms with Crippen LogP contribution in [0.4, 0.5) is 0 Å². The topological polar surface area (TPSA) is 51.0 Å². The SMILES string of the molecule is CCC(Cc1nc(C2CCc3ccccc32)no1)NC. The molecule has 0 fully saturated rings. The summed E-state index contributed by atoms with van der Waals surface area (Å²) in [6.45, 7) is 2.16. The molecule has 0 aliphatic heterocycles. The molecule has 0 amide bonds. The average Bonchev–Trinajstić information content (AvgIpc) is 3.11. The van der Waals surface area contributed by atoms with Crippen molar-refractivity contribution in [2.24, 2.45) is 0 Å². The van der Waals surface area contributed by atoms with Gasteiger partial charge in [0, 0.05) is 18.4 Å². The monoisotopic (exact) mass is 271 g/mol. The second-order valence-corrected chi connectivity index (χ2v) is 5.43. The highest BCUT2D eigenvalue weighted by atomic mass is 16.5. The Morgan fingerprint density at radius 1 is 1.40 bits per heavy atom. The first kappa shape index (κ1) is 13.3. The lowest BCUT2D eigenvalue weighted by atomic mass is 10.0. The van der Waals surface area contributed by atoms with Crippen molar-refractivity contribution < 1.29 is 4.52 Å². The van der Waals surface area contributed by atoms with Crippen molar-refractivity contribution >= 4 is 0 Å². The van der Waals surface area contributed by atoms with Gasteiger partial charge in [0.1, 0.15) is 0 Å². The largest absolute Gasteiger partial charge is 0.339 e. The summed E-state index contributed by atoms with van der Waals surface area (Å²) in [6, 6.07) is 8.98. The van der Waals surface area contributed by atoms with Gasteiger partial charge in [0.2, 0.25) is 5.89 Å². The van der Waals surface area contributed by atoms with E-state index in [9.17, 15) is 0 Å². The molecule has 4 nitrogen and oxygen atoms in total. The number of rotatable bonds is 5. The first-order valence-corrected chi connectivity index (χ1v) is 7.39. The number of benzene rings is 1. The maximum atomic E-state index is 5.43. The highest BCUT2D eigenvalue weighted by Gasteiger charge is 2.27. The van der Waals surface area contributed by atoms with E-state index in [1.807, 2.05) is 7.05 Å². The van der Waals surface area contributed by atoms with E-state index in [1.165, 1.54) is 11.1 Å². The Bertz CT molecular complexity index is 575. The third kappa shape index (κ3) is 2.48. The highest BCUT2D eigenvalue weighted by molar-refractivity contribution is 5.38. The zero-order valence-electron chi connectivity index (χ0n) is 12.1. The molecule has 2 aromatic rings. The van der Waals surface area contributed by atoms with Crippen LogP contribution in [0.25, 0.3) is 0 Å². The van der Waals surface area contributed by atoms with Crippen LogP contribution in [0.2, 0.25) is 0 Å². The quantitative estimate of drug-likeness (QED) is 0.908. The summed E-state index contributed by atoms with van der Waals surface area (Å²) in [5.74, 6) is 1.89. The van der Waals surface area contributed by atoms with Gasteiger partial charge in [-0.25, -0.2) is 0 Å². The first-order chi connectivity index (χ1) is 9.81. The van der Waals surface area contributed by atoms with E-state index in [0.29, 0.717) is 12.0 Å². The summed E-state index contributed by atoms with van der Waals surface area (Å²) in [5, 5.41) is 7.47. The van der Waals surface area contributed by atoms with E-state index in [2.05, 4.69) is 46.6 Å². The minimum atomic E-state index is 0.304. The fourth-order valence-electron chi connectivity index (χ4n) is 2.98. The van der Waals surface area contributed by atoms with Gasteiger partial charge in [-0.1, -0.05) is 36.3 Å². The van der Waals surface area contributed by atoms with Crippen LogP contribution in [0.1, 0.15) is 48.5 Å². The first-order valence-electron chi connectivity index (χ1n) is 7.39. The summed E-state index contributed by atoms with van der Waals surface area (Å²) in [4.78, 5) is 4.61. The molecule has 0 saturated heterocycles. The zero-order valence-corrected chi connectivity index (χ0v) is 12.1. The Hall–Kier alpha value is -1.68. The Balaban J connectivity index is 1.78. The minimum absolute atomic E-state index is 0.304. The number of aromatic nitrogens is 2. The normalized spacial score (nSPS) is 19.0. The van der Waals surface area contributed by atoms with E-state index in [4.69, 9.17) is 4.52 Å². The molecule has 4 heteroatoms. The predicted octanol–water partition coefficient (Wildman–Crippen LogP) is 2.69. The van der Waals surface area contributed by atoms with Crippen LogP contribution in [-0.2, 0) is 12.8 Å². The fraction of sp³-hybridized carbons (Fsp3) is 0.500. The number of aryl methyl sites for hydroxylation is 1. The molecule has 0 radical (unpaired) electrons. The summed E-state index contributed by atoms with van der Waals surface area (Å²) in [7, 11) is 1.97. The molecule has 2 atom stereocenters. The third-order valence-electron chi connectivity index (χ3n) is 4.25. The molecule has 1 aromatic carbocycles. The second kappa shape index (κ2) is 5.75. The Labute approximate surface area is 119 Å². The lowest BCUT2D eigenvalue weighted by Gasteiger charge is -2.09. The van der Waals surface area contributed by atoms with Crippen molar-refractivity contribution in [2.75, 3.05) is 7.05 Å². The molecular formula is C16H21N3O. The fourth-order valence-corrected chi connectivity index (χ4v) is 2.98. The van der Waals surface area contributed by atoms with Crippen LogP contribution in [-0.4, -0.2) is 23.2 Å². The Kier molecular flexibility index (Phi) is 3.83. The van der Waals surface area contributed by atoms with Crippen molar-refractivity contribution in [1.29, 1.82) is 0 Å². The van der Waals surface area contributed by atoms with Gasteiger partial charge in [0.05, 0.1) is 0 Å². The smallest absolute Gasteiger partial charge is 0.228 e. The van der Waals surface area contributed by atoms with Crippen LogP contribution in [0.5, 0.6) is 0 Å². The maximum absolute atomic E-state index is 5.43. The Morgan fingerprint density at radius 2 is 2.25 bits per heavy atom. The van der Waals surface area contributed by atoms with E-state index >= 15 is 0 Å². The molecule has 1 aliphatic carbocycles. The van der Waals surface area contributed by atoms with Crippen molar-refractivity contribution in [3.8, 4) is 0 Å². The van der Waals surface area contributed by atoms with Gasteiger partial charge in [-0.05, 0) is 37.4 Å². The van der Waals surface area contributed by atoms with E-state index < -0.39 is 0 Å². The number of nitrogens with one attached hydrogen (secondary N) is 1. The third-order valence-corrected chi connectivity index (χ3v) is 4.25. The van der Waals surface area contributed by atoms with Crippen LogP contribution < -0.4 is 5.32 Å². The van der Waals surface area contributed by atoms with Crippen molar-refractivity contribution in [1.82, 2.24) is 15.5 Å². The van der Waals surface area contributed by atoms with Gasteiger partial charge in [-0.3, -0.25) is 0 Å². The molecule has 1 aromatic heterocycles. The lowest BCUT2D eigenvalue weighted by molar-refractivity contribution is 0.353. The van der Waals surface area contributed by atoms with Gasteiger partial charge in [0.25, 0.3) is 0 Å².